The van der Waals surface area contributed by atoms with E-state index in [1.54, 1.807) is 6.92 Å². The number of hydrogen-bond donors (Lipinski definition) is 1. The molecule has 12 heteroatoms. The molecular formula is C5H12K3NO6P2. The Kier molecular flexibility index (Phi) is 26.1. The zero-order valence-corrected chi connectivity index (χ0v) is 21.8. The van der Waals surface area contributed by atoms with E-state index in [9.17, 15) is 23.8 Å². The standard InChI is InChI=1S/C5H15NO6P2.3K/c1-2-3-6(4-13(7,8)9)5-14(10,11)12;;;/h2-5H2,1H3,(H2,7,8,9)(H2,10,11,12);;;/q;3*+1/p-3. The zero-order chi connectivity index (χ0) is 11.4. The summed E-state index contributed by atoms with van der Waals surface area (Å²) in [6.45, 7) is 1.82. The molecule has 0 amide bonds. The van der Waals surface area contributed by atoms with Crippen molar-refractivity contribution in [1.82, 2.24) is 4.90 Å². The van der Waals surface area contributed by atoms with Crippen molar-refractivity contribution in [3.63, 3.8) is 0 Å². The zero-order valence-electron chi connectivity index (χ0n) is 10.7. The molecule has 7 nitrogen and oxygen atoms in total. The van der Waals surface area contributed by atoms with Crippen LogP contribution >= 0.6 is 15.2 Å². The Morgan fingerprint density at radius 2 is 1.47 bits per heavy atom. The van der Waals surface area contributed by atoms with E-state index < -0.39 is 27.8 Å². The molecule has 0 saturated carbocycles. The third kappa shape index (κ3) is 23.6. The second-order valence-electron chi connectivity index (χ2n) is 2.93. The minimum absolute atomic E-state index is 0. The number of rotatable bonds is 6. The van der Waals surface area contributed by atoms with Gasteiger partial charge < -0.3 is 28.7 Å². The first kappa shape index (κ1) is 30.1. The molecule has 0 fully saturated rings. The maximum Gasteiger partial charge on any atom is 1.00 e. The van der Waals surface area contributed by atoms with E-state index in [2.05, 4.69) is 0 Å². The van der Waals surface area contributed by atoms with E-state index >= 15 is 0 Å². The SMILES string of the molecule is CCCN(CP(=O)([O-])[O-])CP(=O)([O-])O.[K+].[K+].[K+]. The Bertz CT molecular complexity index is 244. The summed E-state index contributed by atoms with van der Waals surface area (Å²) >= 11 is 0. The molecule has 0 rings (SSSR count). The van der Waals surface area contributed by atoms with Crippen LogP contribution in [0.15, 0.2) is 0 Å². The van der Waals surface area contributed by atoms with Gasteiger partial charge in [-0.15, -0.1) is 0 Å². The normalized spacial score (nSPS) is 14.0. The summed E-state index contributed by atoms with van der Waals surface area (Å²) in [6.07, 6.45) is -1.21. The van der Waals surface area contributed by atoms with Crippen LogP contribution in [0.1, 0.15) is 13.3 Å². The van der Waals surface area contributed by atoms with Crippen molar-refractivity contribution in [2.45, 2.75) is 13.3 Å². The van der Waals surface area contributed by atoms with Crippen molar-refractivity contribution in [1.29, 1.82) is 0 Å². The molecule has 86 valence electrons. The predicted octanol–water partition coefficient (Wildman–Crippen LogP) is -10.9. The van der Waals surface area contributed by atoms with E-state index in [1.807, 2.05) is 0 Å². The van der Waals surface area contributed by atoms with Crippen molar-refractivity contribution >= 4 is 15.2 Å². The fraction of sp³-hybridized carbons (Fsp3) is 1.00. The van der Waals surface area contributed by atoms with Crippen LogP contribution in [0.4, 0.5) is 0 Å². The van der Waals surface area contributed by atoms with Gasteiger partial charge in [-0.3, -0.25) is 4.90 Å². The van der Waals surface area contributed by atoms with Gasteiger partial charge in [-0.25, -0.2) is 0 Å². The molecule has 1 unspecified atom stereocenters. The molecule has 17 heavy (non-hydrogen) atoms. The summed E-state index contributed by atoms with van der Waals surface area (Å²) in [7, 11) is -9.34. The minimum Gasteiger partial charge on any atom is -0.810 e. The molecule has 0 saturated heterocycles. The van der Waals surface area contributed by atoms with Gasteiger partial charge in [-0.1, -0.05) is 14.5 Å². The molecule has 0 aliphatic carbocycles. The molecule has 0 aliphatic rings. The maximum atomic E-state index is 10.5. The Balaban J connectivity index is -0.000000282. The largest absolute Gasteiger partial charge is 1.00 e. The molecule has 0 aliphatic heterocycles. The van der Waals surface area contributed by atoms with Crippen molar-refractivity contribution in [2.24, 2.45) is 0 Å². The van der Waals surface area contributed by atoms with Crippen LogP contribution in [0.3, 0.4) is 0 Å². The number of nitrogens with zero attached hydrogens (tertiary/aromatic N) is 1. The third-order valence-corrected chi connectivity index (χ3v) is 2.80. The van der Waals surface area contributed by atoms with Gasteiger partial charge in [0.1, 0.15) is 7.60 Å². The van der Waals surface area contributed by atoms with Gasteiger partial charge in [-0.05, 0) is 13.0 Å². The second-order valence-corrected chi connectivity index (χ2v) is 5.99. The van der Waals surface area contributed by atoms with Crippen LogP contribution in [-0.2, 0) is 9.13 Å². The Hall–Kier alpha value is 5.17. The Morgan fingerprint density at radius 1 is 1.06 bits per heavy atom. The summed E-state index contributed by atoms with van der Waals surface area (Å²) in [4.78, 5) is 40.5. The summed E-state index contributed by atoms with van der Waals surface area (Å²) in [5.74, 6) is 0. The number of hydrogen-bond acceptors (Lipinski definition) is 6. The maximum absolute atomic E-state index is 10.5. The van der Waals surface area contributed by atoms with Crippen LogP contribution in [0, 0.1) is 0 Å². The average molecular weight is 361 g/mol. The quantitative estimate of drug-likeness (QED) is 0.368. The van der Waals surface area contributed by atoms with Crippen molar-refractivity contribution < 1.29 is 183 Å². The molecule has 0 aromatic carbocycles. The molecule has 1 N–H and O–H groups in total. The smallest absolute Gasteiger partial charge is 0.810 e. The molecule has 0 heterocycles. The molecular weight excluding hydrogens is 349 g/mol. The second kappa shape index (κ2) is 14.7. The van der Waals surface area contributed by atoms with E-state index in [0.29, 0.717) is 6.42 Å². The molecule has 0 spiro atoms. The molecule has 0 aromatic rings. The Labute approximate surface area is 229 Å². The first-order chi connectivity index (χ1) is 6.14. The van der Waals surface area contributed by atoms with Crippen molar-refractivity contribution in [2.75, 3.05) is 19.1 Å². The van der Waals surface area contributed by atoms with Crippen LogP contribution in [-0.4, -0.2) is 28.9 Å². The van der Waals surface area contributed by atoms with Crippen LogP contribution < -0.4 is 169 Å². The molecule has 1 atom stereocenters. The van der Waals surface area contributed by atoms with Gasteiger partial charge >= 0.3 is 154 Å². The van der Waals surface area contributed by atoms with E-state index in [1.165, 1.54) is 0 Å². The predicted molar refractivity (Wildman–Crippen MR) is 44.2 cm³/mol. The van der Waals surface area contributed by atoms with Gasteiger partial charge in [-0.2, -0.15) is 0 Å². The molecule has 0 bridgehead atoms. The summed E-state index contributed by atoms with van der Waals surface area (Å²) in [6, 6.07) is 0. The molecule has 0 radical (unpaired) electrons. The fourth-order valence-corrected chi connectivity index (χ4v) is 2.64. The van der Waals surface area contributed by atoms with Gasteiger partial charge in [0.15, 0.2) is 0 Å². The van der Waals surface area contributed by atoms with Crippen LogP contribution in [0.25, 0.3) is 0 Å². The van der Waals surface area contributed by atoms with Crippen molar-refractivity contribution in [3.8, 4) is 0 Å². The fourth-order valence-electron chi connectivity index (χ4n) is 1.00. The Morgan fingerprint density at radius 3 is 1.71 bits per heavy atom. The minimum atomic E-state index is -4.78. The van der Waals surface area contributed by atoms with Gasteiger partial charge in [0.25, 0.3) is 0 Å². The summed E-state index contributed by atoms with van der Waals surface area (Å²) in [5, 5.41) is 0. The molecule has 0 aromatic heterocycles. The van der Waals surface area contributed by atoms with E-state index in [4.69, 9.17) is 4.89 Å². The monoisotopic (exact) mass is 361 g/mol. The first-order valence-electron chi connectivity index (χ1n) is 3.90. The van der Waals surface area contributed by atoms with Crippen molar-refractivity contribution in [3.05, 3.63) is 0 Å². The van der Waals surface area contributed by atoms with E-state index in [-0.39, 0.29) is 161 Å². The van der Waals surface area contributed by atoms with Gasteiger partial charge in [0.05, 0.1) is 6.29 Å². The van der Waals surface area contributed by atoms with Crippen LogP contribution in [0.5, 0.6) is 0 Å². The average Bonchev–Trinajstić information content (AvgIpc) is 1.78. The first-order valence-corrected chi connectivity index (χ1v) is 7.39. The van der Waals surface area contributed by atoms with E-state index in [0.717, 1.165) is 4.90 Å². The summed E-state index contributed by atoms with van der Waals surface area (Å²) < 4.78 is 20.8. The summed E-state index contributed by atoms with van der Waals surface area (Å²) in [5.41, 5.74) is 0. The van der Waals surface area contributed by atoms with Gasteiger partial charge in [0.2, 0.25) is 0 Å². The third-order valence-electron chi connectivity index (χ3n) is 1.29. The topological polar surface area (TPSA) is 127 Å². The van der Waals surface area contributed by atoms with Crippen LogP contribution in [0.2, 0.25) is 0 Å². The van der Waals surface area contributed by atoms with Gasteiger partial charge in [0, 0.05) is 6.29 Å².